The number of allylic oxidation sites excluding steroid dienone is 1. The van der Waals surface area contributed by atoms with E-state index in [2.05, 4.69) is 16.7 Å². The van der Waals surface area contributed by atoms with E-state index in [0.717, 1.165) is 17.7 Å². The second-order valence-electron chi connectivity index (χ2n) is 3.85. The number of fused-ring (bicyclic) bond motifs is 1. The molecular formula is C13H16N2O2. The van der Waals surface area contributed by atoms with Gasteiger partial charge in [0.2, 0.25) is 0 Å². The van der Waals surface area contributed by atoms with E-state index in [4.69, 9.17) is 4.74 Å². The van der Waals surface area contributed by atoms with Crippen molar-refractivity contribution in [1.29, 1.82) is 0 Å². The summed E-state index contributed by atoms with van der Waals surface area (Å²) >= 11 is 0. The topological polar surface area (TPSA) is 50.4 Å². The lowest BCUT2D eigenvalue weighted by atomic mass is 10.1. The Kier molecular flexibility index (Phi) is 3.77. The van der Waals surface area contributed by atoms with Gasteiger partial charge in [0.25, 0.3) is 0 Å². The smallest absolute Gasteiger partial charge is 0.319 e. The lowest BCUT2D eigenvalue weighted by Crippen LogP contribution is -2.36. The number of carbonyl (C=O) groups excluding carboxylic acids is 1. The van der Waals surface area contributed by atoms with Crippen LogP contribution in [0.1, 0.15) is 11.1 Å². The van der Waals surface area contributed by atoms with Gasteiger partial charge < -0.3 is 15.4 Å². The summed E-state index contributed by atoms with van der Waals surface area (Å²) in [6.45, 7) is 1.03. The van der Waals surface area contributed by atoms with Gasteiger partial charge in [0, 0.05) is 24.9 Å². The number of ether oxygens (including phenoxy) is 1. The molecule has 0 radical (unpaired) electrons. The van der Waals surface area contributed by atoms with Crippen LogP contribution in [0, 0.1) is 0 Å². The van der Waals surface area contributed by atoms with Crippen molar-refractivity contribution in [2.75, 3.05) is 20.3 Å². The van der Waals surface area contributed by atoms with Gasteiger partial charge in [-0.2, -0.15) is 0 Å². The molecule has 0 saturated heterocycles. The van der Waals surface area contributed by atoms with Gasteiger partial charge in [-0.25, -0.2) is 4.79 Å². The Morgan fingerprint density at radius 3 is 3.06 bits per heavy atom. The summed E-state index contributed by atoms with van der Waals surface area (Å²) in [5.41, 5.74) is 3.24. The summed E-state index contributed by atoms with van der Waals surface area (Å²) in [6.07, 6.45) is 2.91. The van der Waals surface area contributed by atoms with Gasteiger partial charge >= 0.3 is 6.03 Å². The van der Waals surface area contributed by atoms with E-state index >= 15 is 0 Å². The molecular weight excluding hydrogens is 216 g/mol. The number of amides is 2. The molecule has 4 nitrogen and oxygen atoms in total. The summed E-state index contributed by atoms with van der Waals surface area (Å²) in [6, 6.07) is 7.88. The highest BCUT2D eigenvalue weighted by Crippen LogP contribution is 2.24. The molecule has 2 rings (SSSR count). The molecule has 0 aromatic heterocycles. The van der Waals surface area contributed by atoms with Crippen LogP contribution in [0.3, 0.4) is 0 Å². The maximum atomic E-state index is 11.6. The average molecular weight is 232 g/mol. The third-order valence-electron chi connectivity index (χ3n) is 2.67. The van der Waals surface area contributed by atoms with Gasteiger partial charge in [0.1, 0.15) is 0 Å². The van der Waals surface area contributed by atoms with Crippen LogP contribution in [0.25, 0.3) is 5.70 Å². The van der Waals surface area contributed by atoms with Crippen LogP contribution >= 0.6 is 0 Å². The normalized spacial score (nSPS) is 12.9. The Morgan fingerprint density at radius 2 is 2.24 bits per heavy atom. The first-order valence-electron chi connectivity index (χ1n) is 5.63. The highest BCUT2D eigenvalue weighted by atomic mass is 16.5. The van der Waals surface area contributed by atoms with Crippen LogP contribution in [0.2, 0.25) is 0 Å². The number of rotatable bonds is 4. The second-order valence-corrected chi connectivity index (χ2v) is 3.85. The van der Waals surface area contributed by atoms with Crippen molar-refractivity contribution in [1.82, 2.24) is 10.6 Å². The molecule has 17 heavy (non-hydrogen) atoms. The molecule has 1 aromatic carbocycles. The van der Waals surface area contributed by atoms with Crippen molar-refractivity contribution in [2.45, 2.75) is 6.42 Å². The minimum Gasteiger partial charge on any atom is -0.383 e. The summed E-state index contributed by atoms with van der Waals surface area (Å²) in [5.74, 6) is 0. The first kappa shape index (κ1) is 11.7. The fourth-order valence-corrected chi connectivity index (χ4v) is 1.83. The number of nitrogens with one attached hydrogen (secondary N) is 2. The third kappa shape index (κ3) is 2.85. The van der Waals surface area contributed by atoms with E-state index in [0.29, 0.717) is 13.2 Å². The number of benzene rings is 1. The lowest BCUT2D eigenvalue weighted by Gasteiger charge is -2.09. The molecule has 2 amide bonds. The van der Waals surface area contributed by atoms with Crippen LogP contribution in [-0.4, -0.2) is 26.3 Å². The average Bonchev–Trinajstić information content (AvgIpc) is 2.73. The Balaban J connectivity index is 1.91. The van der Waals surface area contributed by atoms with Crippen molar-refractivity contribution >= 4 is 11.7 Å². The van der Waals surface area contributed by atoms with E-state index < -0.39 is 0 Å². The molecule has 0 unspecified atom stereocenters. The largest absolute Gasteiger partial charge is 0.383 e. The van der Waals surface area contributed by atoms with Crippen LogP contribution in [0.5, 0.6) is 0 Å². The molecule has 0 heterocycles. The van der Waals surface area contributed by atoms with E-state index in [-0.39, 0.29) is 6.03 Å². The molecule has 2 N–H and O–H groups in total. The fraction of sp³-hybridized carbons (Fsp3) is 0.308. The Morgan fingerprint density at radius 1 is 1.41 bits per heavy atom. The Labute approximate surface area is 101 Å². The molecule has 0 fully saturated rings. The molecule has 1 aliphatic rings. The predicted octanol–water partition coefficient (Wildman–Crippen LogP) is 1.53. The molecule has 0 saturated carbocycles. The maximum absolute atomic E-state index is 11.6. The highest BCUT2D eigenvalue weighted by molar-refractivity contribution is 5.87. The molecule has 90 valence electrons. The summed E-state index contributed by atoms with van der Waals surface area (Å²) in [4.78, 5) is 11.6. The predicted molar refractivity (Wildman–Crippen MR) is 66.5 cm³/mol. The van der Waals surface area contributed by atoms with Crippen LogP contribution in [0.4, 0.5) is 4.79 Å². The number of methoxy groups -OCH3 is 1. The zero-order valence-electron chi connectivity index (χ0n) is 9.82. The fourth-order valence-electron chi connectivity index (χ4n) is 1.83. The van der Waals surface area contributed by atoms with Crippen molar-refractivity contribution in [3.8, 4) is 0 Å². The number of hydrogen-bond acceptors (Lipinski definition) is 2. The minimum absolute atomic E-state index is 0.190. The van der Waals surface area contributed by atoms with Gasteiger partial charge in [-0.1, -0.05) is 30.3 Å². The second kappa shape index (κ2) is 5.50. The number of urea groups is 1. The Bertz CT molecular complexity index is 441. The van der Waals surface area contributed by atoms with E-state index in [9.17, 15) is 4.79 Å². The molecule has 1 aliphatic carbocycles. The zero-order chi connectivity index (χ0) is 12.1. The minimum atomic E-state index is -0.190. The SMILES string of the molecule is COCCNC(=O)NC1=CCc2ccccc21. The molecule has 1 aromatic rings. The monoisotopic (exact) mass is 232 g/mol. The Hall–Kier alpha value is -1.81. The highest BCUT2D eigenvalue weighted by Gasteiger charge is 2.14. The zero-order valence-corrected chi connectivity index (χ0v) is 9.82. The van der Waals surface area contributed by atoms with E-state index in [1.165, 1.54) is 5.56 Å². The van der Waals surface area contributed by atoms with Gasteiger partial charge in [0.15, 0.2) is 0 Å². The molecule has 0 atom stereocenters. The number of carbonyl (C=O) groups is 1. The van der Waals surface area contributed by atoms with Crippen molar-refractivity contribution in [3.63, 3.8) is 0 Å². The number of hydrogen-bond donors (Lipinski definition) is 2. The lowest BCUT2D eigenvalue weighted by molar-refractivity contribution is 0.196. The van der Waals surface area contributed by atoms with Crippen LogP contribution < -0.4 is 10.6 Å². The standard InChI is InChI=1S/C13H16N2O2/c1-17-9-8-14-13(16)15-12-7-6-10-4-2-3-5-11(10)12/h2-5,7H,6,8-9H2,1H3,(H2,14,15,16). The molecule has 0 spiro atoms. The first-order chi connectivity index (χ1) is 8.31. The summed E-state index contributed by atoms with van der Waals surface area (Å²) < 4.78 is 4.86. The van der Waals surface area contributed by atoms with Crippen molar-refractivity contribution in [2.24, 2.45) is 0 Å². The van der Waals surface area contributed by atoms with Gasteiger partial charge in [-0.15, -0.1) is 0 Å². The van der Waals surface area contributed by atoms with Crippen LogP contribution in [0.15, 0.2) is 30.3 Å². The summed E-state index contributed by atoms with van der Waals surface area (Å²) in [7, 11) is 1.61. The van der Waals surface area contributed by atoms with E-state index in [1.54, 1.807) is 7.11 Å². The van der Waals surface area contributed by atoms with Gasteiger partial charge in [-0.05, 0) is 12.0 Å². The van der Waals surface area contributed by atoms with Gasteiger partial charge in [-0.3, -0.25) is 0 Å². The molecule has 0 aliphatic heterocycles. The van der Waals surface area contributed by atoms with Gasteiger partial charge in [0.05, 0.1) is 6.61 Å². The van der Waals surface area contributed by atoms with Crippen molar-refractivity contribution in [3.05, 3.63) is 41.5 Å². The molecule has 4 heteroatoms. The van der Waals surface area contributed by atoms with Crippen LogP contribution in [-0.2, 0) is 11.2 Å². The third-order valence-corrected chi connectivity index (χ3v) is 2.67. The summed E-state index contributed by atoms with van der Waals surface area (Å²) in [5, 5.41) is 5.57. The van der Waals surface area contributed by atoms with Crippen molar-refractivity contribution < 1.29 is 9.53 Å². The molecule has 0 bridgehead atoms. The quantitative estimate of drug-likeness (QED) is 0.773. The van der Waals surface area contributed by atoms with E-state index in [1.807, 2.05) is 24.3 Å². The first-order valence-corrected chi connectivity index (χ1v) is 5.63. The maximum Gasteiger partial charge on any atom is 0.319 e.